The van der Waals surface area contributed by atoms with Crippen molar-refractivity contribution in [3.8, 4) is 0 Å². The first-order valence-electron chi connectivity index (χ1n) is 9.99. The highest BCUT2D eigenvalue weighted by atomic mass is 32.2. The minimum Gasteiger partial charge on any atom is -0.351 e. The predicted octanol–water partition coefficient (Wildman–Crippen LogP) is 2.88. The molecule has 0 radical (unpaired) electrons. The Morgan fingerprint density at radius 2 is 1.96 bits per heavy atom. The molecule has 1 unspecified atom stereocenters. The Bertz CT molecular complexity index is 803. The van der Waals surface area contributed by atoms with Gasteiger partial charge in [0.05, 0.1) is 4.90 Å². The lowest BCUT2D eigenvalue weighted by Gasteiger charge is -2.32. The third-order valence-corrected chi connectivity index (χ3v) is 7.28. The van der Waals surface area contributed by atoms with Crippen molar-refractivity contribution in [1.82, 2.24) is 14.5 Å². The van der Waals surface area contributed by atoms with Crippen molar-refractivity contribution in [3.05, 3.63) is 29.3 Å². The minimum absolute atomic E-state index is 0.0100. The molecule has 1 aromatic rings. The maximum atomic E-state index is 13.1. The van der Waals surface area contributed by atoms with E-state index in [1.807, 2.05) is 27.9 Å². The van der Waals surface area contributed by atoms with Crippen molar-refractivity contribution in [2.75, 3.05) is 33.7 Å². The average Bonchev–Trinajstić information content (AvgIpc) is 2.59. The van der Waals surface area contributed by atoms with E-state index in [2.05, 4.69) is 24.1 Å². The van der Waals surface area contributed by atoms with E-state index >= 15 is 0 Å². The van der Waals surface area contributed by atoms with Gasteiger partial charge in [-0.2, -0.15) is 4.31 Å². The molecule has 28 heavy (non-hydrogen) atoms. The molecule has 6 nitrogen and oxygen atoms in total. The van der Waals surface area contributed by atoms with Crippen molar-refractivity contribution in [2.24, 2.45) is 5.41 Å². The summed E-state index contributed by atoms with van der Waals surface area (Å²) in [6, 6.07) is 4.85. The van der Waals surface area contributed by atoms with E-state index in [4.69, 9.17) is 0 Å². The zero-order chi connectivity index (χ0) is 21.1. The van der Waals surface area contributed by atoms with Crippen LogP contribution >= 0.6 is 0 Å². The molecule has 1 amide bonds. The number of carbonyl (C=O) groups is 1. The van der Waals surface area contributed by atoms with E-state index in [9.17, 15) is 13.2 Å². The molecule has 0 aliphatic carbocycles. The van der Waals surface area contributed by atoms with Crippen molar-refractivity contribution < 1.29 is 13.2 Å². The number of rotatable bonds is 7. The molecule has 1 N–H and O–H groups in total. The van der Waals surface area contributed by atoms with Crippen LogP contribution in [0.4, 0.5) is 0 Å². The fraction of sp³-hybridized carbons (Fsp3) is 0.667. The van der Waals surface area contributed by atoms with E-state index in [0.717, 1.165) is 31.4 Å². The van der Waals surface area contributed by atoms with Crippen LogP contribution in [0.25, 0.3) is 0 Å². The molecule has 0 bridgehead atoms. The van der Waals surface area contributed by atoms with Crippen LogP contribution in [0.3, 0.4) is 0 Å². The number of hydrogen-bond donors (Lipinski definition) is 1. The van der Waals surface area contributed by atoms with Gasteiger partial charge in [0.15, 0.2) is 0 Å². The predicted molar refractivity (Wildman–Crippen MR) is 113 cm³/mol. The maximum absolute atomic E-state index is 13.1. The summed E-state index contributed by atoms with van der Waals surface area (Å²) < 4.78 is 27.8. The SMILES string of the molecule is Cc1ccc(S(=O)(=O)N2CCCCC2C)cc1C(=O)NCC(C)(C)CN(C)C. The monoisotopic (exact) mass is 409 g/mol. The molecule has 1 aliphatic heterocycles. The Morgan fingerprint density at radius 3 is 2.57 bits per heavy atom. The fourth-order valence-corrected chi connectivity index (χ4v) is 5.62. The molecule has 1 aliphatic rings. The standard InChI is InChI=1S/C21H35N3O3S/c1-16-10-11-18(28(26,27)24-12-8-7-9-17(24)2)13-19(16)20(25)22-14-21(3,4)15-23(5)6/h10-11,13,17H,7-9,12,14-15H2,1-6H3,(H,22,25). The number of amides is 1. The number of sulfonamides is 1. The smallest absolute Gasteiger partial charge is 0.251 e. The summed E-state index contributed by atoms with van der Waals surface area (Å²) in [7, 11) is 0.411. The Labute approximate surface area is 170 Å². The normalized spacial score (nSPS) is 19.0. The number of piperidine rings is 1. The number of aryl methyl sites for hydroxylation is 1. The van der Waals surface area contributed by atoms with Gasteiger partial charge in [0.2, 0.25) is 10.0 Å². The summed E-state index contributed by atoms with van der Waals surface area (Å²) in [6.45, 7) is 9.87. The molecule has 0 spiro atoms. The van der Waals surface area contributed by atoms with Crippen LogP contribution < -0.4 is 5.32 Å². The summed E-state index contributed by atoms with van der Waals surface area (Å²) >= 11 is 0. The van der Waals surface area contributed by atoms with Gasteiger partial charge in [-0.15, -0.1) is 0 Å². The van der Waals surface area contributed by atoms with Crippen molar-refractivity contribution >= 4 is 15.9 Å². The first-order chi connectivity index (χ1) is 12.9. The van der Waals surface area contributed by atoms with E-state index in [1.165, 1.54) is 6.07 Å². The summed E-state index contributed by atoms with van der Waals surface area (Å²) in [4.78, 5) is 15.1. The molecule has 1 atom stereocenters. The van der Waals surface area contributed by atoms with Gasteiger partial charge < -0.3 is 10.2 Å². The molecule has 1 aromatic carbocycles. The molecule has 2 rings (SSSR count). The first kappa shape index (κ1) is 22.8. The van der Waals surface area contributed by atoms with Crippen LogP contribution in [0.1, 0.15) is 56.0 Å². The van der Waals surface area contributed by atoms with Crippen LogP contribution in [-0.2, 0) is 10.0 Å². The second-order valence-corrected chi connectivity index (χ2v) is 10.9. The average molecular weight is 410 g/mol. The Balaban J connectivity index is 2.21. The fourth-order valence-electron chi connectivity index (χ4n) is 3.90. The topological polar surface area (TPSA) is 69.7 Å². The molecular weight excluding hydrogens is 374 g/mol. The summed E-state index contributed by atoms with van der Waals surface area (Å²) in [6.07, 6.45) is 2.81. The van der Waals surface area contributed by atoms with E-state index in [1.54, 1.807) is 16.4 Å². The third kappa shape index (κ3) is 5.55. The summed E-state index contributed by atoms with van der Waals surface area (Å²) in [5, 5.41) is 2.98. The van der Waals surface area contributed by atoms with Crippen molar-refractivity contribution in [2.45, 2.75) is 57.9 Å². The zero-order valence-corrected chi connectivity index (χ0v) is 18.9. The van der Waals surface area contributed by atoms with Gasteiger partial charge in [0, 0.05) is 31.2 Å². The van der Waals surface area contributed by atoms with Crippen LogP contribution in [0.15, 0.2) is 23.1 Å². The highest BCUT2D eigenvalue weighted by Crippen LogP contribution is 2.26. The maximum Gasteiger partial charge on any atom is 0.251 e. The highest BCUT2D eigenvalue weighted by molar-refractivity contribution is 7.89. The quantitative estimate of drug-likeness (QED) is 0.752. The second-order valence-electron chi connectivity index (χ2n) is 9.02. The summed E-state index contributed by atoms with van der Waals surface area (Å²) in [5.41, 5.74) is 1.11. The largest absolute Gasteiger partial charge is 0.351 e. The number of carbonyl (C=O) groups excluding carboxylic acids is 1. The van der Waals surface area contributed by atoms with Crippen molar-refractivity contribution in [3.63, 3.8) is 0 Å². The Kier molecular flexibility index (Phi) is 7.28. The number of nitrogens with one attached hydrogen (secondary N) is 1. The second kappa shape index (κ2) is 8.93. The molecule has 0 saturated carbocycles. The molecule has 7 heteroatoms. The number of hydrogen-bond acceptors (Lipinski definition) is 4. The van der Waals surface area contributed by atoms with Gasteiger partial charge in [0.1, 0.15) is 0 Å². The number of benzene rings is 1. The van der Waals surface area contributed by atoms with E-state index in [-0.39, 0.29) is 22.3 Å². The van der Waals surface area contributed by atoms with Gasteiger partial charge in [-0.05, 0) is 63.9 Å². The Morgan fingerprint density at radius 1 is 1.29 bits per heavy atom. The zero-order valence-electron chi connectivity index (χ0n) is 18.1. The van der Waals surface area contributed by atoms with Gasteiger partial charge in [0.25, 0.3) is 5.91 Å². The minimum atomic E-state index is -3.60. The van der Waals surface area contributed by atoms with E-state index in [0.29, 0.717) is 18.7 Å². The molecule has 0 aromatic heterocycles. The molecule has 1 heterocycles. The van der Waals surface area contributed by atoms with Crippen LogP contribution in [0.2, 0.25) is 0 Å². The molecule has 1 fully saturated rings. The van der Waals surface area contributed by atoms with Gasteiger partial charge in [-0.25, -0.2) is 8.42 Å². The van der Waals surface area contributed by atoms with Crippen LogP contribution in [0.5, 0.6) is 0 Å². The summed E-state index contributed by atoms with van der Waals surface area (Å²) in [5.74, 6) is -0.229. The van der Waals surface area contributed by atoms with Crippen LogP contribution in [-0.4, -0.2) is 63.3 Å². The third-order valence-electron chi connectivity index (χ3n) is 5.27. The Hall–Kier alpha value is -1.44. The van der Waals surface area contributed by atoms with Gasteiger partial charge in [-0.3, -0.25) is 4.79 Å². The van der Waals surface area contributed by atoms with Gasteiger partial charge >= 0.3 is 0 Å². The number of nitrogens with zero attached hydrogens (tertiary/aromatic N) is 2. The molecule has 158 valence electrons. The van der Waals surface area contributed by atoms with Gasteiger partial charge in [-0.1, -0.05) is 26.3 Å². The molecule has 1 saturated heterocycles. The van der Waals surface area contributed by atoms with Crippen LogP contribution in [0, 0.1) is 12.3 Å². The highest BCUT2D eigenvalue weighted by Gasteiger charge is 2.31. The van der Waals surface area contributed by atoms with E-state index < -0.39 is 10.0 Å². The van der Waals surface area contributed by atoms with Crippen molar-refractivity contribution in [1.29, 1.82) is 0 Å². The molecular formula is C21H35N3O3S. The first-order valence-corrected chi connectivity index (χ1v) is 11.4. The lowest BCUT2D eigenvalue weighted by Crippen LogP contribution is -2.42. The lowest BCUT2D eigenvalue weighted by molar-refractivity contribution is 0.0928. The lowest BCUT2D eigenvalue weighted by atomic mass is 9.92.